The molecular formula is C6H9NOS. The molecule has 2 nitrogen and oxygen atoms in total. The number of rotatable bonds is 2. The monoisotopic (exact) mass is 143 g/mol. The van der Waals surface area contributed by atoms with E-state index in [0.717, 1.165) is 18.5 Å². The van der Waals surface area contributed by atoms with Crippen LogP contribution in [0.5, 0.6) is 0 Å². The first-order valence-corrected chi connectivity index (χ1v) is 3.87. The van der Waals surface area contributed by atoms with Crippen molar-refractivity contribution in [1.29, 1.82) is 0 Å². The molecule has 0 fully saturated rings. The Morgan fingerprint density at radius 3 is 3.00 bits per heavy atom. The number of nitrogens with one attached hydrogen (secondary N) is 1. The Morgan fingerprint density at radius 2 is 2.56 bits per heavy atom. The van der Waals surface area contributed by atoms with Crippen molar-refractivity contribution in [2.75, 3.05) is 0 Å². The molecule has 0 amide bonds. The van der Waals surface area contributed by atoms with Crippen LogP contribution in [0.25, 0.3) is 0 Å². The molecule has 0 aliphatic heterocycles. The maximum atomic E-state index is 10.5. The van der Waals surface area contributed by atoms with Gasteiger partial charge in [0.2, 0.25) is 0 Å². The minimum Gasteiger partial charge on any atom is -0.317 e. The first-order chi connectivity index (χ1) is 4.33. The van der Waals surface area contributed by atoms with E-state index in [1.54, 1.807) is 0 Å². The Hall–Kier alpha value is -0.570. The van der Waals surface area contributed by atoms with E-state index >= 15 is 0 Å². The third kappa shape index (κ3) is 1.68. The topological polar surface area (TPSA) is 32.9 Å². The number of aromatic nitrogens is 1. The average Bonchev–Trinajstić information content (AvgIpc) is 2.17. The molecule has 1 aromatic rings. The van der Waals surface area contributed by atoms with Crippen LogP contribution >= 0.6 is 11.3 Å². The Morgan fingerprint density at radius 1 is 1.78 bits per heavy atom. The molecule has 1 N–H and O–H groups in total. The summed E-state index contributed by atoms with van der Waals surface area (Å²) in [6.07, 6.45) is 2.07. The Kier molecular flexibility index (Phi) is 2.05. The average molecular weight is 143 g/mol. The summed E-state index contributed by atoms with van der Waals surface area (Å²) in [5, 5.41) is 1.88. The van der Waals surface area contributed by atoms with Crippen LogP contribution in [0.15, 0.2) is 10.2 Å². The third-order valence-corrected chi connectivity index (χ3v) is 1.81. The van der Waals surface area contributed by atoms with E-state index in [0.29, 0.717) is 0 Å². The summed E-state index contributed by atoms with van der Waals surface area (Å²) in [7, 11) is 0. The molecule has 0 bridgehead atoms. The molecule has 9 heavy (non-hydrogen) atoms. The molecule has 1 heterocycles. The van der Waals surface area contributed by atoms with Gasteiger partial charge >= 0.3 is 4.87 Å². The van der Waals surface area contributed by atoms with Crippen molar-refractivity contribution < 1.29 is 0 Å². The maximum absolute atomic E-state index is 10.5. The quantitative estimate of drug-likeness (QED) is 0.666. The molecule has 0 aliphatic rings. The van der Waals surface area contributed by atoms with Crippen molar-refractivity contribution in [3.05, 3.63) is 20.7 Å². The lowest BCUT2D eigenvalue weighted by Crippen LogP contribution is -1.94. The minimum absolute atomic E-state index is 0.0541. The summed E-state index contributed by atoms with van der Waals surface area (Å²) < 4.78 is 0. The molecule has 0 unspecified atom stereocenters. The Balaban J connectivity index is 2.73. The zero-order valence-corrected chi connectivity index (χ0v) is 6.12. The number of thiazole rings is 1. The van der Waals surface area contributed by atoms with Gasteiger partial charge in [0.1, 0.15) is 0 Å². The van der Waals surface area contributed by atoms with Crippen LogP contribution in [0, 0.1) is 0 Å². The highest BCUT2D eigenvalue weighted by molar-refractivity contribution is 7.07. The molecule has 0 saturated carbocycles. The fraction of sp³-hybridized carbons (Fsp3) is 0.500. The molecule has 0 atom stereocenters. The van der Waals surface area contributed by atoms with Crippen molar-refractivity contribution >= 4 is 11.3 Å². The molecule has 0 spiro atoms. The molecule has 0 saturated heterocycles. The minimum atomic E-state index is 0.0541. The van der Waals surface area contributed by atoms with Crippen molar-refractivity contribution in [1.82, 2.24) is 4.98 Å². The fourth-order valence-electron chi connectivity index (χ4n) is 0.705. The van der Waals surface area contributed by atoms with Crippen molar-refractivity contribution in [2.45, 2.75) is 19.8 Å². The zero-order chi connectivity index (χ0) is 6.69. The van der Waals surface area contributed by atoms with E-state index < -0.39 is 0 Å². The summed E-state index contributed by atoms with van der Waals surface area (Å²) in [4.78, 5) is 13.3. The molecule has 0 aliphatic carbocycles. The van der Waals surface area contributed by atoms with Gasteiger partial charge in [-0.15, -0.1) is 0 Å². The highest BCUT2D eigenvalue weighted by Crippen LogP contribution is 1.98. The number of hydrogen-bond donors (Lipinski definition) is 1. The van der Waals surface area contributed by atoms with Gasteiger partial charge in [-0.05, 0) is 6.42 Å². The number of aromatic amines is 1. The van der Waals surface area contributed by atoms with Crippen molar-refractivity contribution in [3.8, 4) is 0 Å². The van der Waals surface area contributed by atoms with E-state index in [-0.39, 0.29) is 4.87 Å². The molecule has 1 rings (SSSR count). The lowest BCUT2D eigenvalue weighted by molar-refractivity contribution is 0.888. The van der Waals surface area contributed by atoms with Crippen LogP contribution in [-0.4, -0.2) is 4.98 Å². The number of hydrogen-bond acceptors (Lipinski definition) is 2. The highest BCUT2D eigenvalue weighted by atomic mass is 32.1. The van der Waals surface area contributed by atoms with E-state index in [1.165, 1.54) is 11.3 Å². The summed E-state index contributed by atoms with van der Waals surface area (Å²) in [6.45, 7) is 2.09. The van der Waals surface area contributed by atoms with Gasteiger partial charge in [0.05, 0.1) is 0 Å². The van der Waals surface area contributed by atoms with Gasteiger partial charge in [-0.2, -0.15) is 0 Å². The van der Waals surface area contributed by atoms with Gasteiger partial charge in [0, 0.05) is 11.1 Å². The highest BCUT2D eigenvalue weighted by Gasteiger charge is 1.91. The first kappa shape index (κ1) is 6.55. The second-order valence-corrected chi connectivity index (χ2v) is 2.77. The summed E-state index contributed by atoms with van der Waals surface area (Å²) >= 11 is 1.23. The van der Waals surface area contributed by atoms with Crippen LogP contribution in [-0.2, 0) is 6.42 Å². The van der Waals surface area contributed by atoms with Gasteiger partial charge in [0.25, 0.3) is 0 Å². The zero-order valence-electron chi connectivity index (χ0n) is 5.31. The van der Waals surface area contributed by atoms with Crippen LogP contribution < -0.4 is 4.87 Å². The van der Waals surface area contributed by atoms with Gasteiger partial charge < -0.3 is 4.98 Å². The number of H-pyrrole nitrogens is 1. The van der Waals surface area contributed by atoms with Crippen molar-refractivity contribution in [2.24, 2.45) is 0 Å². The molecule has 50 valence electrons. The largest absolute Gasteiger partial charge is 0.317 e. The molecular weight excluding hydrogens is 134 g/mol. The van der Waals surface area contributed by atoms with E-state index in [1.807, 2.05) is 5.38 Å². The molecule has 0 aromatic carbocycles. The van der Waals surface area contributed by atoms with Crippen LogP contribution in [0.4, 0.5) is 0 Å². The van der Waals surface area contributed by atoms with E-state index in [2.05, 4.69) is 11.9 Å². The lowest BCUT2D eigenvalue weighted by Gasteiger charge is -1.86. The van der Waals surface area contributed by atoms with Gasteiger partial charge in [-0.3, -0.25) is 4.79 Å². The maximum Gasteiger partial charge on any atom is 0.304 e. The predicted octanol–water partition coefficient (Wildman–Crippen LogP) is 1.39. The SMILES string of the molecule is CCCc1csc(=O)[nH]1. The summed E-state index contributed by atoms with van der Waals surface area (Å²) in [6, 6.07) is 0. The molecule has 0 radical (unpaired) electrons. The van der Waals surface area contributed by atoms with Crippen molar-refractivity contribution in [3.63, 3.8) is 0 Å². The second-order valence-electron chi connectivity index (χ2n) is 1.92. The normalized spacial score (nSPS) is 9.89. The molecule has 1 aromatic heterocycles. The lowest BCUT2D eigenvalue weighted by atomic mass is 10.3. The third-order valence-electron chi connectivity index (χ3n) is 1.09. The Bertz CT molecular complexity index is 225. The Labute approximate surface area is 57.5 Å². The fourth-order valence-corrected chi connectivity index (χ4v) is 1.32. The van der Waals surface area contributed by atoms with Crippen LogP contribution in [0.2, 0.25) is 0 Å². The van der Waals surface area contributed by atoms with Gasteiger partial charge in [0.15, 0.2) is 0 Å². The predicted molar refractivity (Wildman–Crippen MR) is 38.9 cm³/mol. The molecule has 3 heteroatoms. The standard InChI is InChI=1S/C6H9NOS/c1-2-3-5-4-9-6(8)7-5/h4H,2-3H2,1H3,(H,7,8). The number of aryl methyl sites for hydroxylation is 1. The van der Waals surface area contributed by atoms with Gasteiger partial charge in [-0.25, -0.2) is 0 Å². The van der Waals surface area contributed by atoms with Crippen LogP contribution in [0.3, 0.4) is 0 Å². The van der Waals surface area contributed by atoms with Crippen LogP contribution in [0.1, 0.15) is 19.0 Å². The van der Waals surface area contributed by atoms with E-state index in [4.69, 9.17) is 0 Å². The summed E-state index contributed by atoms with van der Waals surface area (Å²) in [5.74, 6) is 0. The second kappa shape index (κ2) is 2.82. The first-order valence-electron chi connectivity index (χ1n) is 2.99. The van der Waals surface area contributed by atoms with Gasteiger partial charge in [-0.1, -0.05) is 24.7 Å². The smallest absolute Gasteiger partial charge is 0.304 e. The summed E-state index contributed by atoms with van der Waals surface area (Å²) in [5.41, 5.74) is 1.06. The van der Waals surface area contributed by atoms with E-state index in [9.17, 15) is 4.79 Å².